The highest BCUT2D eigenvalue weighted by molar-refractivity contribution is 6.60. The van der Waals surface area contributed by atoms with Gasteiger partial charge in [0.05, 0.1) is 6.61 Å². The van der Waals surface area contributed by atoms with E-state index in [1.807, 2.05) is 57.2 Å². The average molecular weight is 375 g/mol. The van der Waals surface area contributed by atoms with Gasteiger partial charge in [-0.05, 0) is 38.8 Å². The van der Waals surface area contributed by atoms with E-state index < -0.39 is 8.80 Å². The molecule has 0 aliphatic rings. The maximum absolute atomic E-state index is 6.08. The smallest absolute Gasteiger partial charge is 0.493 e. The highest BCUT2D eigenvalue weighted by atomic mass is 28.4. The second-order valence-corrected chi connectivity index (χ2v) is 8.53. The Labute approximate surface area is 158 Å². The van der Waals surface area contributed by atoms with Crippen molar-refractivity contribution in [3.05, 3.63) is 54.6 Å². The molecule has 0 aliphatic carbocycles. The standard InChI is InChI=1S/C21H30O4Si/c1-4-23-26(24-5-2,25-6-3)18-12-17-22-21-16-11-10-15-20(21)19-13-8-7-9-14-19/h7-11,13-16H,4-6,12,17-18H2,1-3H3. The Balaban J connectivity index is 1.97. The molecule has 2 aromatic carbocycles. The lowest BCUT2D eigenvalue weighted by Gasteiger charge is -2.28. The lowest BCUT2D eigenvalue weighted by atomic mass is 10.1. The van der Waals surface area contributed by atoms with E-state index in [2.05, 4.69) is 18.2 Å². The number of benzene rings is 2. The van der Waals surface area contributed by atoms with Crippen LogP contribution in [0.1, 0.15) is 27.2 Å². The molecule has 0 unspecified atom stereocenters. The third kappa shape index (κ3) is 5.95. The van der Waals surface area contributed by atoms with E-state index in [-0.39, 0.29) is 0 Å². The van der Waals surface area contributed by atoms with Gasteiger partial charge in [0, 0.05) is 31.4 Å². The Morgan fingerprint density at radius 2 is 1.31 bits per heavy atom. The normalized spacial score (nSPS) is 11.5. The fraction of sp³-hybridized carbons (Fsp3) is 0.429. The molecule has 2 rings (SSSR count). The molecule has 5 heteroatoms. The fourth-order valence-electron chi connectivity index (χ4n) is 2.92. The number of rotatable bonds is 12. The highest BCUT2D eigenvalue weighted by Gasteiger charge is 2.39. The molecule has 0 radical (unpaired) electrons. The van der Waals surface area contributed by atoms with Gasteiger partial charge in [0.15, 0.2) is 0 Å². The van der Waals surface area contributed by atoms with Gasteiger partial charge in [0.2, 0.25) is 0 Å². The van der Waals surface area contributed by atoms with E-state index in [0.717, 1.165) is 29.3 Å². The predicted molar refractivity (Wildman–Crippen MR) is 107 cm³/mol. The third-order valence-electron chi connectivity index (χ3n) is 3.95. The van der Waals surface area contributed by atoms with Gasteiger partial charge in [-0.1, -0.05) is 48.5 Å². The van der Waals surface area contributed by atoms with Gasteiger partial charge in [-0.3, -0.25) is 0 Å². The molecular formula is C21H30O4Si. The lowest BCUT2D eigenvalue weighted by Crippen LogP contribution is -2.46. The largest absolute Gasteiger partial charge is 0.501 e. The minimum atomic E-state index is -2.59. The first kappa shape index (κ1) is 20.6. The molecule has 4 nitrogen and oxygen atoms in total. The van der Waals surface area contributed by atoms with Crippen LogP contribution in [0.3, 0.4) is 0 Å². The monoisotopic (exact) mass is 374 g/mol. The molecule has 0 atom stereocenters. The number of hydrogen-bond acceptors (Lipinski definition) is 4. The first-order chi connectivity index (χ1) is 12.7. The summed E-state index contributed by atoms with van der Waals surface area (Å²) in [6, 6.07) is 19.2. The average Bonchev–Trinajstić information content (AvgIpc) is 2.67. The zero-order chi connectivity index (χ0) is 18.7. The Morgan fingerprint density at radius 1 is 0.731 bits per heavy atom. The van der Waals surface area contributed by atoms with Crippen molar-refractivity contribution in [3.63, 3.8) is 0 Å². The van der Waals surface area contributed by atoms with Crippen LogP contribution in [0.5, 0.6) is 5.75 Å². The van der Waals surface area contributed by atoms with Gasteiger partial charge in [-0.25, -0.2) is 0 Å². The van der Waals surface area contributed by atoms with Crippen molar-refractivity contribution in [1.82, 2.24) is 0 Å². The van der Waals surface area contributed by atoms with Gasteiger partial charge < -0.3 is 18.0 Å². The van der Waals surface area contributed by atoms with Crippen LogP contribution in [-0.4, -0.2) is 35.2 Å². The summed E-state index contributed by atoms with van der Waals surface area (Å²) in [6.45, 7) is 8.34. The van der Waals surface area contributed by atoms with Crippen molar-refractivity contribution in [2.24, 2.45) is 0 Å². The second kappa shape index (κ2) is 11.1. The maximum atomic E-state index is 6.08. The summed E-state index contributed by atoms with van der Waals surface area (Å²) in [7, 11) is -2.59. The van der Waals surface area contributed by atoms with Crippen LogP contribution in [0, 0.1) is 0 Å². The van der Waals surface area contributed by atoms with Crippen molar-refractivity contribution in [1.29, 1.82) is 0 Å². The molecule has 0 fully saturated rings. The number of hydrogen-bond donors (Lipinski definition) is 0. The van der Waals surface area contributed by atoms with Gasteiger partial charge in [0.1, 0.15) is 5.75 Å². The molecule has 0 amide bonds. The molecule has 26 heavy (non-hydrogen) atoms. The summed E-state index contributed by atoms with van der Waals surface area (Å²) in [6.07, 6.45) is 0.829. The Kier molecular flexibility index (Phi) is 8.84. The van der Waals surface area contributed by atoms with E-state index in [0.29, 0.717) is 26.4 Å². The molecule has 0 bridgehead atoms. The molecule has 0 saturated heterocycles. The summed E-state index contributed by atoms with van der Waals surface area (Å²) in [4.78, 5) is 0. The molecule has 142 valence electrons. The minimum Gasteiger partial charge on any atom is -0.493 e. The van der Waals surface area contributed by atoms with Gasteiger partial charge in [-0.15, -0.1) is 0 Å². The van der Waals surface area contributed by atoms with E-state index >= 15 is 0 Å². The molecule has 0 heterocycles. The summed E-state index contributed by atoms with van der Waals surface area (Å²) in [5.41, 5.74) is 2.26. The van der Waals surface area contributed by atoms with Gasteiger partial charge >= 0.3 is 8.80 Å². The molecule has 0 aliphatic heterocycles. The van der Waals surface area contributed by atoms with Crippen molar-refractivity contribution in [2.45, 2.75) is 33.2 Å². The molecular weight excluding hydrogens is 344 g/mol. The summed E-state index contributed by atoms with van der Waals surface area (Å²) in [5, 5.41) is 0. The number of para-hydroxylation sites is 1. The lowest BCUT2D eigenvalue weighted by molar-refractivity contribution is 0.0697. The summed E-state index contributed by atoms with van der Waals surface area (Å²) in [5.74, 6) is 0.898. The second-order valence-electron chi connectivity index (χ2n) is 5.80. The van der Waals surface area contributed by atoms with Crippen molar-refractivity contribution < 1.29 is 18.0 Å². The van der Waals surface area contributed by atoms with Crippen LogP contribution in [0.25, 0.3) is 11.1 Å². The SMILES string of the molecule is CCO[Si](CCCOc1ccccc1-c1ccccc1)(OCC)OCC. The third-order valence-corrected chi connectivity index (χ3v) is 7.10. The van der Waals surface area contributed by atoms with Gasteiger partial charge in [0.25, 0.3) is 0 Å². The van der Waals surface area contributed by atoms with E-state index in [9.17, 15) is 0 Å². The molecule has 0 spiro atoms. The van der Waals surface area contributed by atoms with Crippen LogP contribution < -0.4 is 4.74 Å². The topological polar surface area (TPSA) is 36.9 Å². The van der Waals surface area contributed by atoms with Crippen LogP contribution in [0.15, 0.2) is 54.6 Å². The van der Waals surface area contributed by atoms with E-state index in [4.69, 9.17) is 18.0 Å². The van der Waals surface area contributed by atoms with Crippen molar-refractivity contribution >= 4 is 8.80 Å². The predicted octanol–water partition coefficient (Wildman–Crippen LogP) is 5.17. The Morgan fingerprint density at radius 3 is 1.92 bits per heavy atom. The summed E-state index contributed by atoms with van der Waals surface area (Å²) >= 11 is 0. The van der Waals surface area contributed by atoms with Crippen LogP contribution >= 0.6 is 0 Å². The minimum absolute atomic E-state index is 0.601. The van der Waals surface area contributed by atoms with E-state index in [1.54, 1.807) is 0 Å². The molecule has 2 aromatic rings. The van der Waals surface area contributed by atoms with Crippen molar-refractivity contribution in [2.75, 3.05) is 26.4 Å². The summed E-state index contributed by atoms with van der Waals surface area (Å²) < 4.78 is 23.8. The maximum Gasteiger partial charge on any atom is 0.501 e. The first-order valence-electron chi connectivity index (χ1n) is 9.43. The number of ether oxygens (including phenoxy) is 1. The highest BCUT2D eigenvalue weighted by Crippen LogP contribution is 2.30. The molecule has 0 saturated carbocycles. The molecule has 0 N–H and O–H groups in total. The zero-order valence-electron chi connectivity index (χ0n) is 16.1. The molecule has 0 aromatic heterocycles. The van der Waals surface area contributed by atoms with Crippen LogP contribution in [0.4, 0.5) is 0 Å². The Hall–Kier alpha value is -1.66. The van der Waals surface area contributed by atoms with Crippen LogP contribution in [0.2, 0.25) is 6.04 Å². The van der Waals surface area contributed by atoms with Crippen LogP contribution in [-0.2, 0) is 13.3 Å². The fourth-order valence-corrected chi connectivity index (χ4v) is 5.50. The first-order valence-corrected chi connectivity index (χ1v) is 11.4. The Bertz CT molecular complexity index is 616. The zero-order valence-corrected chi connectivity index (χ0v) is 17.1. The van der Waals surface area contributed by atoms with E-state index in [1.165, 1.54) is 0 Å². The quantitative estimate of drug-likeness (QED) is 0.379. The van der Waals surface area contributed by atoms with Gasteiger partial charge in [-0.2, -0.15) is 0 Å². The van der Waals surface area contributed by atoms with Crippen molar-refractivity contribution in [3.8, 4) is 16.9 Å².